The molecule has 5 nitrogen and oxygen atoms in total. The fraction of sp³-hybridized carbons (Fsp3) is 0.875. The van der Waals surface area contributed by atoms with Gasteiger partial charge in [0.25, 0.3) is 0 Å². The number of allylic oxidation sites excluding steroid dienone is 1. The maximum atomic E-state index is 13.1. The van der Waals surface area contributed by atoms with E-state index in [0.29, 0.717) is 29.1 Å². The van der Waals surface area contributed by atoms with E-state index in [9.17, 15) is 14.7 Å². The predicted molar refractivity (Wildman–Crippen MR) is 148 cm³/mol. The Morgan fingerprint density at radius 2 is 1.78 bits per heavy atom. The van der Waals surface area contributed by atoms with Gasteiger partial charge in [-0.3, -0.25) is 9.59 Å². The molecular weight excluding hydrogens is 460 g/mol. The van der Waals surface area contributed by atoms with Crippen LogP contribution in [0, 0.1) is 40.4 Å². The SMILES string of the molecule is CC(=O)NC1(C)CCN(C(=O)CCC(C)[C@H]2CC[C@H]3[C@@H]4CC=C5C[C@@H](O)CC[C@]5(C)[C@H]4CC[C@]23C)CC1. The summed E-state index contributed by atoms with van der Waals surface area (Å²) >= 11 is 0. The number of hydrogen-bond donors (Lipinski definition) is 2. The first-order valence-corrected chi connectivity index (χ1v) is 15.4. The molecule has 5 heteroatoms. The molecule has 0 spiro atoms. The third kappa shape index (κ3) is 4.92. The molecule has 1 aliphatic heterocycles. The fourth-order valence-corrected chi connectivity index (χ4v) is 10.1. The Morgan fingerprint density at radius 1 is 1.05 bits per heavy atom. The van der Waals surface area contributed by atoms with Crippen LogP contribution >= 0.6 is 0 Å². The van der Waals surface area contributed by atoms with Gasteiger partial charge in [0.2, 0.25) is 11.8 Å². The standard InChI is InChI=1S/C32H52N2O3/c1-21(6-11-29(37)34-18-16-30(3,17-19-34)33-22(2)35)26-9-10-27-25-8-7-23-20-24(36)12-14-31(23,4)28(25)13-15-32(26,27)5/h7,21,24-28,36H,6,8-20H2,1-5H3,(H,33,35)/t21?,24-,25-,26+,27-,28-,31-,32+/m0/s1. The van der Waals surface area contributed by atoms with Crippen LogP contribution < -0.4 is 5.32 Å². The molecule has 1 heterocycles. The zero-order chi connectivity index (χ0) is 26.6. The minimum absolute atomic E-state index is 0.0184. The average molecular weight is 513 g/mol. The molecule has 1 saturated heterocycles. The zero-order valence-electron chi connectivity index (χ0n) is 24.2. The first-order chi connectivity index (χ1) is 17.4. The first-order valence-electron chi connectivity index (χ1n) is 15.4. The van der Waals surface area contributed by atoms with Crippen LogP contribution in [0.3, 0.4) is 0 Å². The number of carbonyl (C=O) groups is 2. The van der Waals surface area contributed by atoms with E-state index in [-0.39, 0.29) is 17.6 Å². The van der Waals surface area contributed by atoms with Gasteiger partial charge in [-0.25, -0.2) is 0 Å². The van der Waals surface area contributed by atoms with Crippen LogP contribution in [0.2, 0.25) is 0 Å². The number of piperidine rings is 1. The van der Waals surface area contributed by atoms with Crippen molar-refractivity contribution in [3.8, 4) is 0 Å². The maximum absolute atomic E-state index is 13.1. The van der Waals surface area contributed by atoms with Gasteiger partial charge in [0.1, 0.15) is 0 Å². The Balaban J connectivity index is 1.17. The Labute approximate surface area is 225 Å². The van der Waals surface area contributed by atoms with Gasteiger partial charge in [-0.05, 0) is 118 Å². The van der Waals surface area contributed by atoms with Crippen molar-refractivity contribution in [2.24, 2.45) is 40.4 Å². The van der Waals surface area contributed by atoms with Crippen molar-refractivity contribution >= 4 is 11.8 Å². The number of hydrogen-bond acceptors (Lipinski definition) is 3. The summed E-state index contributed by atoms with van der Waals surface area (Å²) in [6.45, 7) is 12.7. The summed E-state index contributed by atoms with van der Waals surface area (Å²) in [5.41, 5.74) is 2.10. The number of carbonyl (C=O) groups excluding carboxylic acids is 2. The molecule has 2 amide bonds. The van der Waals surface area contributed by atoms with Gasteiger partial charge >= 0.3 is 0 Å². The van der Waals surface area contributed by atoms with E-state index in [2.05, 4.69) is 39.1 Å². The Morgan fingerprint density at radius 3 is 2.49 bits per heavy atom. The highest BCUT2D eigenvalue weighted by Gasteiger charge is 2.59. The minimum Gasteiger partial charge on any atom is -0.393 e. The summed E-state index contributed by atoms with van der Waals surface area (Å²) in [5, 5.41) is 13.4. The van der Waals surface area contributed by atoms with Crippen molar-refractivity contribution in [3.05, 3.63) is 11.6 Å². The van der Waals surface area contributed by atoms with Crippen LogP contribution in [0.15, 0.2) is 11.6 Å². The number of fused-ring (bicyclic) bond motifs is 5. The highest BCUT2D eigenvalue weighted by Crippen LogP contribution is 2.67. The summed E-state index contributed by atoms with van der Waals surface area (Å²) in [6, 6.07) is 0. The van der Waals surface area contributed by atoms with E-state index < -0.39 is 0 Å². The van der Waals surface area contributed by atoms with E-state index in [1.807, 2.05) is 4.90 Å². The van der Waals surface area contributed by atoms with Gasteiger partial charge in [0.15, 0.2) is 0 Å². The molecule has 1 unspecified atom stereocenters. The summed E-state index contributed by atoms with van der Waals surface area (Å²) in [5.74, 6) is 4.03. The third-order valence-electron chi connectivity index (χ3n) is 12.3. The molecule has 4 fully saturated rings. The second kappa shape index (κ2) is 9.99. The topological polar surface area (TPSA) is 69.6 Å². The van der Waals surface area contributed by atoms with E-state index in [1.165, 1.54) is 32.1 Å². The van der Waals surface area contributed by atoms with Crippen molar-refractivity contribution in [2.75, 3.05) is 13.1 Å². The van der Waals surface area contributed by atoms with Crippen LogP contribution in [0.25, 0.3) is 0 Å². The van der Waals surface area contributed by atoms with E-state index in [1.54, 1.807) is 12.5 Å². The van der Waals surface area contributed by atoms with Crippen molar-refractivity contribution in [2.45, 2.75) is 123 Å². The van der Waals surface area contributed by atoms with Crippen molar-refractivity contribution < 1.29 is 14.7 Å². The highest BCUT2D eigenvalue weighted by atomic mass is 16.3. The molecule has 0 aromatic heterocycles. The molecule has 5 rings (SSSR count). The van der Waals surface area contributed by atoms with Gasteiger partial charge in [0.05, 0.1) is 6.10 Å². The molecule has 0 aromatic carbocycles. The second-order valence-corrected chi connectivity index (χ2v) is 14.5. The summed E-state index contributed by atoms with van der Waals surface area (Å²) < 4.78 is 0. The van der Waals surface area contributed by atoms with Gasteiger partial charge in [-0.2, -0.15) is 0 Å². The third-order valence-corrected chi connectivity index (χ3v) is 12.3. The molecule has 0 radical (unpaired) electrons. The van der Waals surface area contributed by atoms with Gasteiger partial charge in [0, 0.05) is 32.0 Å². The van der Waals surface area contributed by atoms with E-state index in [4.69, 9.17) is 0 Å². The van der Waals surface area contributed by atoms with Crippen LogP contribution in [-0.2, 0) is 9.59 Å². The van der Waals surface area contributed by atoms with Crippen molar-refractivity contribution in [3.63, 3.8) is 0 Å². The zero-order valence-corrected chi connectivity index (χ0v) is 24.2. The molecule has 208 valence electrons. The number of aliphatic hydroxyl groups is 1. The minimum atomic E-state index is -0.175. The largest absolute Gasteiger partial charge is 0.393 e. The monoisotopic (exact) mass is 512 g/mol. The van der Waals surface area contributed by atoms with E-state index in [0.717, 1.165) is 75.3 Å². The number of likely N-dealkylation sites (tertiary alicyclic amines) is 1. The number of nitrogens with zero attached hydrogens (tertiary/aromatic N) is 1. The van der Waals surface area contributed by atoms with Crippen molar-refractivity contribution in [1.29, 1.82) is 0 Å². The molecule has 4 aliphatic carbocycles. The lowest BCUT2D eigenvalue weighted by molar-refractivity contribution is -0.133. The number of amides is 2. The number of rotatable bonds is 5. The summed E-state index contributed by atoms with van der Waals surface area (Å²) in [4.78, 5) is 26.7. The first kappa shape index (κ1) is 27.2. The maximum Gasteiger partial charge on any atom is 0.222 e. The molecule has 3 saturated carbocycles. The fourth-order valence-electron chi connectivity index (χ4n) is 10.1. The Hall–Kier alpha value is -1.36. The molecule has 0 aromatic rings. The van der Waals surface area contributed by atoms with Gasteiger partial charge < -0.3 is 15.3 Å². The molecule has 37 heavy (non-hydrogen) atoms. The lowest BCUT2D eigenvalue weighted by atomic mass is 9.47. The van der Waals surface area contributed by atoms with Crippen LogP contribution in [-0.4, -0.2) is 46.6 Å². The molecule has 5 aliphatic rings. The van der Waals surface area contributed by atoms with Crippen molar-refractivity contribution in [1.82, 2.24) is 10.2 Å². The Kier molecular flexibility index (Phi) is 7.35. The van der Waals surface area contributed by atoms with E-state index >= 15 is 0 Å². The number of aliphatic hydroxyl groups excluding tert-OH is 1. The lowest BCUT2D eigenvalue weighted by Gasteiger charge is -2.58. The molecule has 8 atom stereocenters. The van der Waals surface area contributed by atoms with Crippen LogP contribution in [0.5, 0.6) is 0 Å². The second-order valence-electron chi connectivity index (χ2n) is 14.5. The normalized spacial score (nSPS) is 41.6. The average Bonchev–Trinajstić information content (AvgIpc) is 3.20. The predicted octanol–water partition coefficient (Wildman–Crippen LogP) is 5.86. The molecule has 2 N–H and O–H groups in total. The summed E-state index contributed by atoms with van der Waals surface area (Å²) in [7, 11) is 0. The number of nitrogens with one attached hydrogen (secondary N) is 1. The van der Waals surface area contributed by atoms with Crippen LogP contribution in [0.1, 0.15) is 112 Å². The van der Waals surface area contributed by atoms with Gasteiger partial charge in [-0.1, -0.05) is 32.4 Å². The molecule has 0 bridgehead atoms. The smallest absolute Gasteiger partial charge is 0.222 e. The van der Waals surface area contributed by atoms with Gasteiger partial charge in [-0.15, -0.1) is 0 Å². The summed E-state index contributed by atoms with van der Waals surface area (Å²) in [6.07, 6.45) is 15.4. The Bertz CT molecular complexity index is 921. The quantitative estimate of drug-likeness (QED) is 0.453. The van der Waals surface area contributed by atoms with Crippen LogP contribution in [0.4, 0.5) is 0 Å². The lowest BCUT2D eigenvalue weighted by Crippen LogP contribution is -2.53. The highest BCUT2D eigenvalue weighted by molar-refractivity contribution is 5.76. The molecular formula is C32H52N2O3.